The van der Waals surface area contributed by atoms with Crippen molar-refractivity contribution in [2.24, 2.45) is 7.05 Å². The molecule has 0 radical (unpaired) electrons. The first-order chi connectivity index (χ1) is 11.9. The van der Waals surface area contributed by atoms with Gasteiger partial charge in [-0.15, -0.1) is 0 Å². The lowest BCUT2D eigenvalue weighted by atomic mass is 10.2. The molecule has 25 heavy (non-hydrogen) atoms. The second-order valence-electron chi connectivity index (χ2n) is 5.91. The topological polar surface area (TPSA) is 75.5 Å². The largest absolute Gasteiger partial charge is 0.339 e. The van der Waals surface area contributed by atoms with E-state index in [0.29, 0.717) is 19.5 Å². The lowest BCUT2D eigenvalue weighted by molar-refractivity contribution is 0.0759. The van der Waals surface area contributed by atoms with Crippen molar-refractivity contribution in [1.82, 2.24) is 18.8 Å². The molecule has 9 heteroatoms. The first-order valence-electron chi connectivity index (χ1n) is 7.91. The van der Waals surface area contributed by atoms with Gasteiger partial charge in [0.2, 0.25) is 0 Å². The molecule has 0 N–H and O–H groups in total. The number of nitrogens with zero attached hydrogens (tertiary/aromatic N) is 4. The van der Waals surface area contributed by atoms with Crippen molar-refractivity contribution in [3.63, 3.8) is 0 Å². The minimum absolute atomic E-state index is 0.00327. The summed E-state index contributed by atoms with van der Waals surface area (Å²) in [5, 5.41) is -0.0103. The van der Waals surface area contributed by atoms with Gasteiger partial charge in [-0.2, -0.15) is 4.31 Å². The lowest BCUT2D eigenvalue weighted by Gasteiger charge is -2.21. The van der Waals surface area contributed by atoms with Crippen molar-refractivity contribution in [2.45, 2.75) is 11.4 Å². The van der Waals surface area contributed by atoms with Crippen LogP contribution < -0.4 is 0 Å². The van der Waals surface area contributed by atoms with Gasteiger partial charge in [0, 0.05) is 39.4 Å². The van der Waals surface area contributed by atoms with Gasteiger partial charge >= 0.3 is 0 Å². The number of aromatic nitrogens is 2. The summed E-state index contributed by atoms with van der Waals surface area (Å²) < 4.78 is 42.0. The highest BCUT2D eigenvalue weighted by Crippen LogP contribution is 2.17. The molecule has 2 aromatic rings. The summed E-state index contributed by atoms with van der Waals surface area (Å²) >= 11 is 0. The Morgan fingerprint density at radius 2 is 1.92 bits per heavy atom. The maximum absolute atomic E-state index is 13.8. The van der Waals surface area contributed by atoms with Crippen LogP contribution in [0.2, 0.25) is 0 Å². The molecule has 7 nitrogen and oxygen atoms in total. The predicted octanol–water partition coefficient (Wildman–Crippen LogP) is 1.10. The third-order valence-corrected chi connectivity index (χ3v) is 5.92. The standard InChI is InChI=1S/C16H19FN4O3S/c1-19-11-15(18-12-19)25(23,24)21-8-4-7-20(9-10-21)16(22)13-5-2-3-6-14(13)17/h2-3,5-6,11-12H,4,7-10H2,1H3. The second kappa shape index (κ2) is 6.93. The molecule has 0 saturated carbocycles. The summed E-state index contributed by atoms with van der Waals surface area (Å²) in [6, 6.07) is 5.80. The van der Waals surface area contributed by atoms with Gasteiger partial charge in [-0.25, -0.2) is 17.8 Å². The van der Waals surface area contributed by atoms with Gasteiger partial charge < -0.3 is 9.47 Å². The van der Waals surface area contributed by atoms with Crippen LogP contribution in [-0.2, 0) is 17.1 Å². The van der Waals surface area contributed by atoms with E-state index in [9.17, 15) is 17.6 Å². The fraction of sp³-hybridized carbons (Fsp3) is 0.375. The molecule has 0 atom stereocenters. The van der Waals surface area contributed by atoms with Crippen LogP contribution in [0.3, 0.4) is 0 Å². The van der Waals surface area contributed by atoms with Crippen LogP contribution in [0.5, 0.6) is 0 Å². The van der Waals surface area contributed by atoms with Crippen molar-refractivity contribution in [2.75, 3.05) is 26.2 Å². The highest BCUT2D eigenvalue weighted by Gasteiger charge is 2.30. The number of halogens is 1. The zero-order valence-electron chi connectivity index (χ0n) is 13.8. The predicted molar refractivity (Wildman–Crippen MR) is 88.9 cm³/mol. The van der Waals surface area contributed by atoms with Crippen LogP contribution in [-0.4, -0.2) is 59.3 Å². The van der Waals surface area contributed by atoms with Crippen LogP contribution in [0.15, 0.2) is 41.8 Å². The Bertz CT molecular complexity index is 881. The molecular weight excluding hydrogens is 347 g/mol. The fourth-order valence-corrected chi connectivity index (χ4v) is 4.23. The van der Waals surface area contributed by atoms with Crippen LogP contribution >= 0.6 is 0 Å². The molecule has 1 aromatic heterocycles. The first kappa shape index (κ1) is 17.6. The number of carbonyl (C=O) groups excluding carboxylic acids is 1. The molecule has 3 rings (SSSR count). The zero-order chi connectivity index (χ0) is 18.0. The van der Waals surface area contributed by atoms with Crippen LogP contribution in [0, 0.1) is 5.82 Å². The molecule has 1 aliphatic rings. The van der Waals surface area contributed by atoms with Crippen molar-refractivity contribution in [3.05, 3.63) is 48.2 Å². The molecule has 1 fully saturated rings. The summed E-state index contributed by atoms with van der Waals surface area (Å²) in [5.74, 6) is -0.995. The Hall–Kier alpha value is -2.26. The number of imidazole rings is 1. The Kier molecular flexibility index (Phi) is 4.87. The molecule has 0 bridgehead atoms. The van der Waals surface area contributed by atoms with E-state index in [-0.39, 0.29) is 23.7 Å². The molecular formula is C16H19FN4O3S. The van der Waals surface area contributed by atoms with Gasteiger partial charge in [0.15, 0.2) is 5.03 Å². The third-order valence-electron chi connectivity index (χ3n) is 4.13. The fourth-order valence-electron chi connectivity index (χ4n) is 2.80. The van der Waals surface area contributed by atoms with E-state index in [1.165, 1.54) is 39.9 Å². The van der Waals surface area contributed by atoms with Crippen LogP contribution in [0.1, 0.15) is 16.8 Å². The summed E-state index contributed by atoms with van der Waals surface area (Å²) in [6.45, 7) is 1.03. The number of hydrogen-bond acceptors (Lipinski definition) is 4. The summed E-state index contributed by atoms with van der Waals surface area (Å²) in [5.41, 5.74) is 0.00327. The van der Waals surface area contributed by atoms with Gasteiger partial charge in [-0.3, -0.25) is 4.79 Å². The van der Waals surface area contributed by atoms with Gasteiger partial charge in [0.25, 0.3) is 15.9 Å². The molecule has 1 amide bonds. The Balaban J connectivity index is 1.74. The van der Waals surface area contributed by atoms with Crippen molar-refractivity contribution in [3.8, 4) is 0 Å². The summed E-state index contributed by atoms with van der Waals surface area (Å²) in [4.78, 5) is 17.9. The maximum atomic E-state index is 13.8. The van der Waals surface area contributed by atoms with E-state index in [0.717, 1.165) is 0 Å². The minimum atomic E-state index is -3.70. The van der Waals surface area contributed by atoms with E-state index in [4.69, 9.17) is 0 Å². The average molecular weight is 366 g/mol. The van der Waals surface area contributed by atoms with E-state index in [2.05, 4.69) is 4.98 Å². The van der Waals surface area contributed by atoms with Crippen molar-refractivity contribution >= 4 is 15.9 Å². The number of rotatable bonds is 3. The zero-order valence-corrected chi connectivity index (χ0v) is 14.6. The Morgan fingerprint density at radius 3 is 2.60 bits per heavy atom. The number of aryl methyl sites for hydroxylation is 1. The quantitative estimate of drug-likeness (QED) is 0.815. The van der Waals surface area contributed by atoms with E-state index >= 15 is 0 Å². The Morgan fingerprint density at radius 1 is 1.16 bits per heavy atom. The molecule has 1 aromatic carbocycles. The third kappa shape index (κ3) is 3.57. The van der Waals surface area contributed by atoms with Crippen molar-refractivity contribution < 1.29 is 17.6 Å². The molecule has 1 aliphatic heterocycles. The molecule has 1 saturated heterocycles. The number of amides is 1. The Labute approximate surface area is 145 Å². The molecule has 0 unspecified atom stereocenters. The maximum Gasteiger partial charge on any atom is 0.262 e. The van der Waals surface area contributed by atoms with Crippen LogP contribution in [0.4, 0.5) is 4.39 Å². The number of hydrogen-bond donors (Lipinski definition) is 0. The number of benzene rings is 1. The van der Waals surface area contributed by atoms with E-state index in [1.54, 1.807) is 17.7 Å². The number of sulfonamides is 1. The molecule has 0 spiro atoms. The van der Waals surface area contributed by atoms with E-state index < -0.39 is 21.7 Å². The summed E-state index contributed by atoms with van der Waals surface area (Å²) in [7, 11) is -2.00. The second-order valence-corrected chi connectivity index (χ2v) is 7.79. The van der Waals surface area contributed by atoms with E-state index in [1.807, 2.05) is 0 Å². The minimum Gasteiger partial charge on any atom is -0.339 e. The highest BCUT2D eigenvalue weighted by atomic mass is 32.2. The molecule has 134 valence electrons. The average Bonchev–Trinajstić information content (AvgIpc) is 2.88. The molecule has 0 aliphatic carbocycles. The van der Waals surface area contributed by atoms with Gasteiger partial charge in [0.05, 0.1) is 11.9 Å². The van der Waals surface area contributed by atoms with Gasteiger partial charge in [-0.1, -0.05) is 12.1 Å². The van der Waals surface area contributed by atoms with Gasteiger partial charge in [0.1, 0.15) is 5.82 Å². The highest BCUT2D eigenvalue weighted by molar-refractivity contribution is 7.89. The monoisotopic (exact) mass is 366 g/mol. The molecule has 2 heterocycles. The van der Waals surface area contributed by atoms with Crippen molar-refractivity contribution in [1.29, 1.82) is 0 Å². The lowest BCUT2D eigenvalue weighted by Crippen LogP contribution is -2.37. The normalized spacial score (nSPS) is 16.6. The number of carbonyl (C=O) groups is 1. The first-order valence-corrected chi connectivity index (χ1v) is 9.35. The smallest absolute Gasteiger partial charge is 0.262 e. The summed E-state index contributed by atoms with van der Waals surface area (Å²) in [6.07, 6.45) is 3.35. The van der Waals surface area contributed by atoms with Gasteiger partial charge in [-0.05, 0) is 18.6 Å². The SMILES string of the molecule is Cn1cnc(S(=O)(=O)N2CCCN(C(=O)c3ccccc3F)CC2)c1. The van der Waals surface area contributed by atoms with Crippen LogP contribution in [0.25, 0.3) is 0 Å².